The first kappa shape index (κ1) is 24.4. The third kappa shape index (κ3) is 3.99. The van der Waals surface area contributed by atoms with Crippen LogP contribution in [-0.2, 0) is 6.54 Å². The lowest BCUT2D eigenvalue weighted by atomic mass is 9.94. The Bertz CT molecular complexity index is 1560. The molecule has 7 nitrogen and oxygen atoms in total. The Kier molecular flexibility index (Phi) is 6.05. The maximum atomic E-state index is 15.4. The number of aromatic amines is 1. The monoisotopic (exact) mass is 509 g/mol. The minimum absolute atomic E-state index is 0.318. The smallest absolute Gasteiger partial charge is 0.197 e. The number of rotatable bonds is 4. The van der Waals surface area contributed by atoms with Gasteiger partial charge in [0.15, 0.2) is 5.69 Å². The number of anilines is 2. The summed E-state index contributed by atoms with van der Waals surface area (Å²) in [5.41, 5.74) is 8.18. The molecule has 0 saturated carbocycles. The summed E-state index contributed by atoms with van der Waals surface area (Å²) >= 11 is 0. The minimum atomic E-state index is -0.318. The maximum absolute atomic E-state index is 15.4. The number of nitrogens with zero attached hydrogens (tertiary/aromatic N) is 5. The number of aromatic nitrogens is 2. The number of hydrogen-bond acceptors (Lipinski definition) is 5. The summed E-state index contributed by atoms with van der Waals surface area (Å²) in [6, 6.07) is 14.3. The summed E-state index contributed by atoms with van der Waals surface area (Å²) < 4.78 is 15.4. The Morgan fingerprint density at radius 3 is 2.71 bits per heavy atom. The molecule has 0 bridgehead atoms. The molecule has 4 aromatic rings. The number of hydrogen-bond donors (Lipinski definition) is 2. The second-order valence-corrected chi connectivity index (χ2v) is 10.6. The van der Waals surface area contributed by atoms with Crippen LogP contribution < -0.4 is 15.1 Å². The summed E-state index contributed by atoms with van der Waals surface area (Å²) in [7, 11) is 6.19. The van der Waals surface area contributed by atoms with Crippen molar-refractivity contribution in [3.05, 3.63) is 70.8 Å². The first-order valence-corrected chi connectivity index (χ1v) is 13.0. The fourth-order valence-corrected chi connectivity index (χ4v) is 6.15. The minimum Gasteiger partial charge on any atom is -0.371 e. The molecule has 1 atom stereocenters. The topological polar surface area (TPSA) is 54.8 Å². The van der Waals surface area contributed by atoms with Gasteiger partial charge in [0.2, 0.25) is 0 Å². The lowest BCUT2D eigenvalue weighted by Crippen LogP contribution is -2.58. The number of benzene rings is 3. The molecule has 1 saturated heterocycles. The molecule has 0 aliphatic carbocycles. The van der Waals surface area contributed by atoms with E-state index in [-0.39, 0.29) is 5.82 Å². The van der Waals surface area contributed by atoms with Crippen LogP contribution in [-0.4, -0.2) is 68.5 Å². The molecular weight excluding hydrogens is 477 g/mol. The molecule has 0 amide bonds. The van der Waals surface area contributed by atoms with Gasteiger partial charge in [0.1, 0.15) is 5.82 Å². The Hall–Kier alpha value is -3.93. The van der Waals surface area contributed by atoms with Gasteiger partial charge in [-0.2, -0.15) is 5.10 Å². The Morgan fingerprint density at radius 1 is 1.11 bits per heavy atom. The number of halogens is 1. The van der Waals surface area contributed by atoms with Crippen LogP contribution in [0.4, 0.5) is 21.5 Å². The van der Waals surface area contributed by atoms with Crippen molar-refractivity contribution in [2.45, 2.75) is 19.5 Å². The quantitative estimate of drug-likeness (QED) is 0.371. The number of likely N-dealkylation sites (N-methyl/N-ethyl adjacent to an activating group) is 2. The van der Waals surface area contributed by atoms with Gasteiger partial charge in [-0.05, 0) is 62.0 Å². The molecule has 1 fully saturated rings. The standard InChI is InChI=1S/C30H32FN7/c1-18-10-19(15-32-2)11-24(31)29(18)22-13-23-26(14-25(22)33-3)34-35-30(23)20-6-7-27-28(12-20)37(5)17-21-16-36(4)8-9-38(21)27/h6-7,10-14,21,32H,8-9,15-17H2,1-2,4-5H3,(H,34,35). The number of H-pyrrole nitrogens is 1. The molecule has 3 aromatic carbocycles. The van der Waals surface area contributed by atoms with E-state index in [4.69, 9.17) is 6.57 Å². The van der Waals surface area contributed by atoms with Crippen LogP contribution in [0.1, 0.15) is 11.1 Å². The van der Waals surface area contributed by atoms with Gasteiger partial charge in [-0.15, -0.1) is 0 Å². The second kappa shape index (κ2) is 9.43. The summed E-state index contributed by atoms with van der Waals surface area (Å²) in [4.78, 5) is 11.0. The number of piperazine rings is 1. The molecule has 1 aromatic heterocycles. The average molecular weight is 510 g/mol. The van der Waals surface area contributed by atoms with Crippen molar-refractivity contribution in [1.29, 1.82) is 0 Å². The molecule has 0 spiro atoms. The van der Waals surface area contributed by atoms with Gasteiger partial charge in [-0.1, -0.05) is 18.2 Å². The van der Waals surface area contributed by atoms with E-state index in [1.165, 1.54) is 11.4 Å². The molecule has 3 heterocycles. The van der Waals surface area contributed by atoms with E-state index in [9.17, 15) is 0 Å². The summed E-state index contributed by atoms with van der Waals surface area (Å²) in [5, 5.41) is 11.7. The van der Waals surface area contributed by atoms with Gasteiger partial charge >= 0.3 is 0 Å². The average Bonchev–Trinajstić information content (AvgIpc) is 3.30. The molecule has 2 N–H and O–H groups in total. The number of nitrogens with one attached hydrogen (secondary N) is 2. The Labute approximate surface area is 222 Å². The Morgan fingerprint density at radius 2 is 1.95 bits per heavy atom. The highest BCUT2D eigenvalue weighted by Crippen LogP contribution is 2.42. The molecule has 6 rings (SSSR count). The molecule has 0 radical (unpaired) electrons. The molecule has 1 unspecified atom stereocenters. The van der Waals surface area contributed by atoms with Gasteiger partial charge in [0.25, 0.3) is 0 Å². The number of fused-ring (bicyclic) bond motifs is 4. The van der Waals surface area contributed by atoms with Gasteiger partial charge in [-0.3, -0.25) is 5.10 Å². The fourth-order valence-electron chi connectivity index (χ4n) is 6.15. The van der Waals surface area contributed by atoms with Gasteiger partial charge in [0, 0.05) is 56.3 Å². The van der Waals surface area contributed by atoms with Gasteiger partial charge in [-0.25, -0.2) is 9.24 Å². The first-order valence-electron chi connectivity index (χ1n) is 13.0. The molecular formula is C30H32FN7. The predicted octanol–water partition coefficient (Wildman–Crippen LogP) is 5.18. The fraction of sp³-hybridized carbons (Fsp3) is 0.333. The van der Waals surface area contributed by atoms with Crippen LogP contribution in [0.15, 0.2) is 42.5 Å². The first-order chi connectivity index (χ1) is 18.4. The summed E-state index contributed by atoms with van der Waals surface area (Å²) in [5.74, 6) is -0.318. The van der Waals surface area contributed by atoms with Crippen LogP contribution in [0.5, 0.6) is 0 Å². The van der Waals surface area contributed by atoms with Crippen molar-refractivity contribution in [3.63, 3.8) is 0 Å². The zero-order valence-corrected chi connectivity index (χ0v) is 22.3. The van der Waals surface area contributed by atoms with Crippen molar-refractivity contribution in [3.8, 4) is 22.4 Å². The highest BCUT2D eigenvalue weighted by Gasteiger charge is 2.33. The summed E-state index contributed by atoms with van der Waals surface area (Å²) in [6.45, 7) is 14.4. The van der Waals surface area contributed by atoms with Crippen LogP contribution in [0, 0.1) is 19.3 Å². The van der Waals surface area contributed by atoms with E-state index >= 15 is 4.39 Å². The van der Waals surface area contributed by atoms with Gasteiger partial charge < -0.3 is 20.0 Å². The molecule has 2 aliphatic heterocycles. The maximum Gasteiger partial charge on any atom is 0.197 e. The highest BCUT2D eigenvalue weighted by atomic mass is 19.1. The zero-order chi connectivity index (χ0) is 26.6. The zero-order valence-electron chi connectivity index (χ0n) is 22.3. The number of aryl methyl sites for hydroxylation is 1. The van der Waals surface area contributed by atoms with Crippen molar-refractivity contribution >= 4 is 28.0 Å². The third-order valence-electron chi connectivity index (χ3n) is 7.94. The van der Waals surface area contributed by atoms with E-state index < -0.39 is 0 Å². The van der Waals surface area contributed by atoms with E-state index in [1.54, 1.807) is 12.1 Å². The van der Waals surface area contributed by atoms with Crippen LogP contribution in [0.25, 0.3) is 38.1 Å². The summed E-state index contributed by atoms with van der Waals surface area (Å²) in [6.07, 6.45) is 0. The highest BCUT2D eigenvalue weighted by molar-refractivity contribution is 6.01. The van der Waals surface area contributed by atoms with E-state index in [0.29, 0.717) is 29.4 Å². The lowest BCUT2D eigenvalue weighted by Gasteiger charge is -2.48. The van der Waals surface area contributed by atoms with Crippen LogP contribution >= 0.6 is 0 Å². The van der Waals surface area contributed by atoms with E-state index in [0.717, 1.165) is 59.5 Å². The normalized spacial score (nSPS) is 17.4. The molecule has 38 heavy (non-hydrogen) atoms. The van der Waals surface area contributed by atoms with Crippen LogP contribution in [0.3, 0.4) is 0 Å². The van der Waals surface area contributed by atoms with Crippen LogP contribution in [0.2, 0.25) is 0 Å². The second-order valence-electron chi connectivity index (χ2n) is 10.6. The Balaban J connectivity index is 1.46. The SMILES string of the molecule is [C-]#[N+]c1cc2[nH]nc(-c3ccc4c(c3)N(C)CC3CN(C)CCN43)c2cc1-c1c(C)cc(CNC)cc1F. The third-order valence-corrected chi connectivity index (χ3v) is 7.94. The lowest BCUT2D eigenvalue weighted by molar-refractivity contribution is 0.265. The van der Waals surface area contributed by atoms with Crippen molar-refractivity contribution in [2.75, 3.05) is 57.1 Å². The van der Waals surface area contributed by atoms with Gasteiger partial charge in [0.05, 0.1) is 35.2 Å². The predicted molar refractivity (Wildman–Crippen MR) is 153 cm³/mol. The van der Waals surface area contributed by atoms with E-state index in [2.05, 4.69) is 67.4 Å². The van der Waals surface area contributed by atoms with Crippen molar-refractivity contribution in [2.24, 2.45) is 0 Å². The van der Waals surface area contributed by atoms with Crippen molar-refractivity contribution in [1.82, 2.24) is 20.4 Å². The molecule has 8 heteroatoms. The van der Waals surface area contributed by atoms with E-state index in [1.807, 2.05) is 26.1 Å². The molecule has 194 valence electrons. The largest absolute Gasteiger partial charge is 0.371 e. The molecule has 2 aliphatic rings. The van der Waals surface area contributed by atoms with Crippen molar-refractivity contribution < 1.29 is 4.39 Å².